The molecule has 2 aromatic rings. The Morgan fingerprint density at radius 2 is 2.13 bits per heavy atom. The van der Waals surface area contributed by atoms with Crippen LogP contribution in [0.1, 0.15) is 31.9 Å². The molecule has 0 unspecified atom stereocenters. The SMILES string of the molecule is CC1CCN(CCCNC(=O)Cc2noc3ccccc23)CC1. The first kappa shape index (κ1) is 16.0. The second-order valence-corrected chi connectivity index (χ2v) is 6.53. The summed E-state index contributed by atoms with van der Waals surface area (Å²) in [4.78, 5) is 14.5. The Hall–Kier alpha value is -1.88. The van der Waals surface area contributed by atoms with Crippen LogP contribution in [0.25, 0.3) is 11.0 Å². The maximum atomic E-state index is 12.0. The van der Waals surface area contributed by atoms with Crippen LogP contribution >= 0.6 is 0 Å². The zero-order valence-corrected chi connectivity index (χ0v) is 13.8. The van der Waals surface area contributed by atoms with Gasteiger partial charge in [0.1, 0.15) is 5.69 Å². The molecule has 0 atom stereocenters. The van der Waals surface area contributed by atoms with Crippen LogP contribution in [0.5, 0.6) is 0 Å². The van der Waals surface area contributed by atoms with E-state index in [-0.39, 0.29) is 12.3 Å². The van der Waals surface area contributed by atoms with Crippen molar-refractivity contribution < 1.29 is 9.32 Å². The number of hydrogen-bond acceptors (Lipinski definition) is 4. The lowest BCUT2D eigenvalue weighted by atomic mass is 9.99. The normalized spacial score (nSPS) is 16.7. The molecule has 0 bridgehead atoms. The minimum atomic E-state index is 0.0105. The molecule has 1 aromatic heterocycles. The number of benzene rings is 1. The molecule has 0 aliphatic carbocycles. The highest BCUT2D eigenvalue weighted by Crippen LogP contribution is 2.18. The minimum absolute atomic E-state index is 0.0105. The number of para-hydroxylation sites is 1. The summed E-state index contributed by atoms with van der Waals surface area (Å²) in [6.45, 7) is 6.51. The predicted molar refractivity (Wildman–Crippen MR) is 90.2 cm³/mol. The van der Waals surface area contributed by atoms with Gasteiger partial charge in [-0.15, -0.1) is 0 Å². The highest BCUT2D eigenvalue weighted by molar-refractivity contribution is 5.86. The Morgan fingerprint density at radius 1 is 1.35 bits per heavy atom. The van der Waals surface area contributed by atoms with Crippen molar-refractivity contribution in [2.75, 3.05) is 26.2 Å². The van der Waals surface area contributed by atoms with Crippen molar-refractivity contribution in [3.8, 4) is 0 Å². The predicted octanol–water partition coefficient (Wildman–Crippen LogP) is 2.61. The van der Waals surface area contributed by atoms with E-state index in [9.17, 15) is 4.79 Å². The van der Waals surface area contributed by atoms with Crippen molar-refractivity contribution in [3.63, 3.8) is 0 Å². The summed E-state index contributed by atoms with van der Waals surface area (Å²) in [6.07, 6.45) is 3.87. The van der Waals surface area contributed by atoms with Crippen molar-refractivity contribution in [2.24, 2.45) is 5.92 Å². The molecular weight excluding hydrogens is 290 g/mol. The molecule has 1 aromatic carbocycles. The summed E-state index contributed by atoms with van der Waals surface area (Å²) >= 11 is 0. The summed E-state index contributed by atoms with van der Waals surface area (Å²) in [5.41, 5.74) is 1.44. The lowest BCUT2D eigenvalue weighted by molar-refractivity contribution is -0.120. The molecule has 1 fully saturated rings. The van der Waals surface area contributed by atoms with Gasteiger partial charge in [-0.05, 0) is 56.9 Å². The van der Waals surface area contributed by atoms with Crippen molar-refractivity contribution in [1.82, 2.24) is 15.4 Å². The van der Waals surface area contributed by atoms with Gasteiger partial charge in [0.2, 0.25) is 5.91 Å². The van der Waals surface area contributed by atoms with Crippen LogP contribution < -0.4 is 5.32 Å². The van der Waals surface area contributed by atoms with E-state index in [0.29, 0.717) is 5.69 Å². The fourth-order valence-electron chi connectivity index (χ4n) is 3.10. The van der Waals surface area contributed by atoms with Gasteiger partial charge in [-0.1, -0.05) is 24.2 Å². The van der Waals surface area contributed by atoms with Gasteiger partial charge >= 0.3 is 0 Å². The van der Waals surface area contributed by atoms with Crippen LogP contribution in [-0.4, -0.2) is 42.1 Å². The first-order valence-electron chi connectivity index (χ1n) is 8.54. The van der Waals surface area contributed by atoms with E-state index in [4.69, 9.17) is 4.52 Å². The highest BCUT2D eigenvalue weighted by atomic mass is 16.5. The number of nitrogens with zero attached hydrogens (tertiary/aromatic N) is 2. The molecule has 5 nitrogen and oxygen atoms in total. The van der Waals surface area contributed by atoms with Crippen LogP contribution in [0.4, 0.5) is 0 Å². The molecular formula is C18H25N3O2. The minimum Gasteiger partial charge on any atom is -0.356 e. The van der Waals surface area contributed by atoms with E-state index in [1.165, 1.54) is 25.9 Å². The maximum Gasteiger partial charge on any atom is 0.226 e. The molecule has 124 valence electrons. The Balaban J connectivity index is 1.38. The second kappa shape index (κ2) is 7.59. The largest absolute Gasteiger partial charge is 0.356 e. The molecule has 0 saturated carbocycles. The molecule has 5 heteroatoms. The summed E-state index contributed by atoms with van der Waals surface area (Å²) in [7, 11) is 0. The van der Waals surface area contributed by atoms with E-state index in [0.717, 1.165) is 36.4 Å². The number of amides is 1. The number of carbonyl (C=O) groups is 1. The van der Waals surface area contributed by atoms with Gasteiger partial charge in [0.25, 0.3) is 0 Å². The number of aromatic nitrogens is 1. The third kappa shape index (κ3) is 4.32. The van der Waals surface area contributed by atoms with Crippen LogP contribution in [-0.2, 0) is 11.2 Å². The monoisotopic (exact) mass is 315 g/mol. The molecule has 3 rings (SSSR count). The standard InChI is InChI=1S/C18H25N3O2/c1-14-7-11-21(12-8-14)10-4-9-19-18(22)13-16-15-5-2-3-6-17(15)23-20-16/h2-3,5-6,14H,4,7-13H2,1H3,(H,19,22). The Kier molecular flexibility index (Phi) is 5.28. The molecule has 1 amide bonds. The van der Waals surface area contributed by atoms with Crippen LogP contribution in [0.2, 0.25) is 0 Å². The third-order valence-corrected chi connectivity index (χ3v) is 4.63. The maximum absolute atomic E-state index is 12.0. The molecule has 1 aliphatic rings. The highest BCUT2D eigenvalue weighted by Gasteiger charge is 2.15. The molecule has 1 N–H and O–H groups in total. The second-order valence-electron chi connectivity index (χ2n) is 6.53. The lowest BCUT2D eigenvalue weighted by Crippen LogP contribution is -2.35. The number of hydrogen-bond donors (Lipinski definition) is 1. The van der Waals surface area contributed by atoms with E-state index in [1.807, 2.05) is 24.3 Å². The topological polar surface area (TPSA) is 58.4 Å². The first-order valence-corrected chi connectivity index (χ1v) is 8.54. The number of piperidine rings is 1. The molecule has 2 heterocycles. The third-order valence-electron chi connectivity index (χ3n) is 4.63. The zero-order chi connectivity index (χ0) is 16.1. The summed E-state index contributed by atoms with van der Waals surface area (Å²) in [6, 6.07) is 7.63. The number of likely N-dealkylation sites (tertiary alicyclic amines) is 1. The van der Waals surface area contributed by atoms with Gasteiger partial charge in [0.15, 0.2) is 5.58 Å². The molecule has 0 radical (unpaired) electrons. The fraction of sp³-hybridized carbons (Fsp3) is 0.556. The summed E-state index contributed by atoms with van der Waals surface area (Å²) < 4.78 is 5.23. The zero-order valence-electron chi connectivity index (χ0n) is 13.8. The quantitative estimate of drug-likeness (QED) is 0.833. The van der Waals surface area contributed by atoms with Crippen molar-refractivity contribution in [3.05, 3.63) is 30.0 Å². The van der Waals surface area contributed by atoms with Gasteiger partial charge < -0.3 is 14.7 Å². The average molecular weight is 315 g/mol. The first-order chi connectivity index (χ1) is 11.2. The van der Waals surface area contributed by atoms with E-state index in [2.05, 4.69) is 22.3 Å². The van der Waals surface area contributed by atoms with Gasteiger partial charge in [-0.25, -0.2) is 0 Å². The van der Waals surface area contributed by atoms with Crippen molar-refractivity contribution in [1.29, 1.82) is 0 Å². The Labute approximate surface area is 137 Å². The number of carbonyl (C=O) groups excluding carboxylic acids is 1. The summed E-state index contributed by atoms with van der Waals surface area (Å²) in [5, 5.41) is 7.91. The van der Waals surface area contributed by atoms with Gasteiger partial charge in [-0.3, -0.25) is 4.79 Å². The Morgan fingerprint density at radius 3 is 2.96 bits per heavy atom. The van der Waals surface area contributed by atoms with Crippen LogP contribution in [0.15, 0.2) is 28.8 Å². The smallest absolute Gasteiger partial charge is 0.226 e. The average Bonchev–Trinajstić information content (AvgIpc) is 2.96. The van der Waals surface area contributed by atoms with Gasteiger partial charge in [0, 0.05) is 11.9 Å². The van der Waals surface area contributed by atoms with Crippen molar-refractivity contribution in [2.45, 2.75) is 32.6 Å². The number of fused-ring (bicyclic) bond motifs is 1. The van der Waals surface area contributed by atoms with E-state index < -0.39 is 0 Å². The van der Waals surface area contributed by atoms with Crippen molar-refractivity contribution >= 4 is 16.9 Å². The molecule has 1 aliphatic heterocycles. The number of rotatable bonds is 6. The van der Waals surface area contributed by atoms with E-state index >= 15 is 0 Å². The Bertz CT molecular complexity index is 645. The number of nitrogens with one attached hydrogen (secondary N) is 1. The van der Waals surface area contributed by atoms with Gasteiger partial charge in [-0.2, -0.15) is 0 Å². The fourth-order valence-corrected chi connectivity index (χ4v) is 3.10. The summed E-state index contributed by atoms with van der Waals surface area (Å²) in [5.74, 6) is 0.875. The van der Waals surface area contributed by atoms with Gasteiger partial charge in [0.05, 0.1) is 6.42 Å². The molecule has 1 saturated heterocycles. The molecule has 0 spiro atoms. The van der Waals surface area contributed by atoms with E-state index in [1.54, 1.807) is 0 Å². The lowest BCUT2D eigenvalue weighted by Gasteiger charge is -2.30. The van der Waals surface area contributed by atoms with Crippen LogP contribution in [0.3, 0.4) is 0 Å². The molecule has 23 heavy (non-hydrogen) atoms. The van der Waals surface area contributed by atoms with Crippen LogP contribution in [0, 0.1) is 5.92 Å².